The minimum absolute atomic E-state index is 0.0164. The largest absolute Gasteiger partial charge is 0.382 e. The van der Waals surface area contributed by atoms with E-state index in [1.165, 1.54) is 18.2 Å². The van der Waals surface area contributed by atoms with Gasteiger partial charge in [-0.05, 0) is 57.3 Å². The summed E-state index contributed by atoms with van der Waals surface area (Å²) in [6, 6.07) is 0. The van der Waals surface area contributed by atoms with Gasteiger partial charge in [0, 0.05) is 4.75 Å². The first-order valence-electron chi connectivity index (χ1n) is 11.2. The number of imidazole rings is 1. The Morgan fingerprint density at radius 1 is 1.48 bits per heavy atom. The Balaban J connectivity index is 1.37. The Hall–Kier alpha value is -1.10. The van der Waals surface area contributed by atoms with Gasteiger partial charge in [-0.2, -0.15) is 0 Å². The maximum atomic E-state index is 15.9. The Labute approximate surface area is 201 Å². The van der Waals surface area contributed by atoms with Crippen molar-refractivity contribution in [2.75, 3.05) is 5.73 Å². The third-order valence-corrected chi connectivity index (χ3v) is 12.8. The van der Waals surface area contributed by atoms with Crippen LogP contribution in [0.5, 0.6) is 0 Å². The molecule has 8 atom stereocenters. The highest BCUT2D eigenvalue weighted by atomic mass is 32.9. The Bertz CT molecular complexity index is 1130. The minimum Gasteiger partial charge on any atom is -0.382 e. The van der Waals surface area contributed by atoms with Gasteiger partial charge in [0.1, 0.15) is 17.9 Å². The Kier molecular flexibility index (Phi) is 6.11. The van der Waals surface area contributed by atoms with Gasteiger partial charge in [-0.1, -0.05) is 30.5 Å². The summed E-state index contributed by atoms with van der Waals surface area (Å²) in [7, 11) is 0. The predicted octanol–water partition coefficient (Wildman–Crippen LogP) is 4.93. The van der Waals surface area contributed by atoms with Crippen LogP contribution < -0.4 is 5.73 Å². The number of anilines is 1. The number of aromatic nitrogens is 4. The zero-order valence-corrected chi connectivity index (χ0v) is 21.4. The van der Waals surface area contributed by atoms with Crippen molar-refractivity contribution >= 4 is 45.9 Å². The number of alkyl halides is 1. The van der Waals surface area contributed by atoms with E-state index in [9.17, 15) is 0 Å². The van der Waals surface area contributed by atoms with Crippen LogP contribution in [0.25, 0.3) is 11.2 Å². The lowest BCUT2D eigenvalue weighted by molar-refractivity contribution is -0.0224. The summed E-state index contributed by atoms with van der Waals surface area (Å²) in [6.45, 7) is 10.3. The molecule has 1 aliphatic carbocycles. The predicted molar refractivity (Wildman–Crippen MR) is 131 cm³/mol. The molecule has 2 aromatic heterocycles. The topological polar surface area (TPSA) is 97.3 Å². The van der Waals surface area contributed by atoms with Crippen molar-refractivity contribution in [1.82, 2.24) is 19.5 Å². The number of nitrogens with two attached hydrogens (primary N) is 1. The molecule has 4 heterocycles. The maximum Gasteiger partial charge on any atom is 0.248 e. The molecule has 3 aliphatic rings. The summed E-state index contributed by atoms with van der Waals surface area (Å²) >= 11 is 7.50. The second-order valence-electron chi connectivity index (χ2n) is 9.33. The molecule has 1 saturated carbocycles. The summed E-state index contributed by atoms with van der Waals surface area (Å²) in [5, 5.41) is 0. The van der Waals surface area contributed by atoms with Crippen LogP contribution in [0, 0.1) is 5.92 Å². The van der Waals surface area contributed by atoms with Crippen LogP contribution in [0.3, 0.4) is 0 Å². The molecule has 2 N–H and O–H groups in total. The average Bonchev–Trinajstić information content (AvgIpc) is 3.39. The van der Waals surface area contributed by atoms with Crippen LogP contribution in [-0.4, -0.2) is 48.7 Å². The first-order valence-corrected chi connectivity index (χ1v) is 15.3. The average molecular weight is 514 g/mol. The van der Waals surface area contributed by atoms with E-state index in [-0.39, 0.29) is 16.7 Å². The quantitative estimate of drug-likeness (QED) is 0.441. The van der Waals surface area contributed by atoms with Crippen molar-refractivity contribution in [2.24, 2.45) is 5.92 Å². The molecular formula is C21H29FN5O3PS2. The molecule has 2 aliphatic heterocycles. The van der Waals surface area contributed by atoms with Crippen LogP contribution in [0.4, 0.5) is 10.2 Å². The fraction of sp³-hybridized carbons (Fsp3) is 0.667. The second-order valence-corrected chi connectivity index (χ2v) is 15.9. The fourth-order valence-corrected chi connectivity index (χ4v) is 12.5. The molecule has 2 saturated heterocycles. The van der Waals surface area contributed by atoms with E-state index in [0.717, 1.165) is 19.3 Å². The minimum atomic E-state index is -2.76. The number of rotatable bonds is 5. The molecule has 180 valence electrons. The molecule has 0 unspecified atom stereocenters. The normalized spacial score (nSPS) is 40.8. The van der Waals surface area contributed by atoms with Gasteiger partial charge in [-0.3, -0.25) is 4.57 Å². The van der Waals surface area contributed by atoms with Crippen LogP contribution in [0.15, 0.2) is 24.8 Å². The number of hydrogen-bond acceptors (Lipinski definition) is 9. The third-order valence-electron chi connectivity index (χ3n) is 7.02. The first-order chi connectivity index (χ1) is 15.6. The van der Waals surface area contributed by atoms with Gasteiger partial charge in [0.15, 0.2) is 23.9 Å². The van der Waals surface area contributed by atoms with E-state index in [0.29, 0.717) is 23.5 Å². The highest BCUT2D eigenvalue weighted by Gasteiger charge is 2.56. The highest BCUT2D eigenvalue weighted by Crippen LogP contribution is 2.76. The smallest absolute Gasteiger partial charge is 0.248 e. The van der Waals surface area contributed by atoms with E-state index < -0.39 is 30.3 Å². The Morgan fingerprint density at radius 3 is 3.00 bits per heavy atom. The number of ether oxygens (including phenoxy) is 1. The SMILES string of the molecule is C=C(C)[C@@H]1CC[C@]2(C)S[P@](=S)(O[C@H]3[C@@H](F)[C@H](n4cnc5c(N)ncnc54)O[C@@H]3CC)O[C@H]2C1. The van der Waals surface area contributed by atoms with Crippen LogP contribution in [0.1, 0.15) is 52.7 Å². The molecule has 0 bridgehead atoms. The number of halogens is 1. The highest BCUT2D eigenvalue weighted by molar-refractivity contribution is 8.68. The van der Waals surface area contributed by atoms with Gasteiger partial charge in [0.2, 0.25) is 5.69 Å². The van der Waals surface area contributed by atoms with E-state index in [4.69, 9.17) is 31.3 Å². The molecule has 3 fully saturated rings. The molecular weight excluding hydrogens is 484 g/mol. The summed E-state index contributed by atoms with van der Waals surface area (Å²) in [5.74, 6) is 0.660. The van der Waals surface area contributed by atoms with Gasteiger partial charge in [-0.25, -0.2) is 19.3 Å². The van der Waals surface area contributed by atoms with E-state index in [2.05, 4.69) is 35.4 Å². The standard InChI is InChI=1S/C21H29FN5O3PS2/c1-5-13-17(15(22)20(28-13)27-10-26-16-18(23)24-9-25-19(16)27)30-31(32)29-14-8-12(11(2)3)6-7-21(14,4)33-31/h9-10,12-15,17,20H,2,5-8H2,1,3-4H3,(H2,23,24,25)/t12-,13-,14+,15-,17-,20-,21+,31+/m1/s1. The third kappa shape index (κ3) is 4.04. The maximum absolute atomic E-state index is 15.9. The van der Waals surface area contributed by atoms with Crippen LogP contribution >= 0.6 is 17.1 Å². The second kappa shape index (κ2) is 8.53. The number of nitrogens with zero attached hydrogens (tertiary/aromatic N) is 4. The van der Waals surface area contributed by atoms with Gasteiger partial charge >= 0.3 is 0 Å². The zero-order chi connectivity index (χ0) is 23.5. The first kappa shape index (κ1) is 23.6. The van der Waals surface area contributed by atoms with Crippen molar-refractivity contribution in [3.63, 3.8) is 0 Å². The van der Waals surface area contributed by atoms with E-state index in [1.54, 1.807) is 15.9 Å². The number of hydrogen-bond donors (Lipinski definition) is 1. The molecule has 8 nitrogen and oxygen atoms in total. The van der Waals surface area contributed by atoms with Crippen molar-refractivity contribution in [1.29, 1.82) is 0 Å². The molecule has 5 rings (SSSR count). The summed E-state index contributed by atoms with van der Waals surface area (Å²) in [4.78, 5) is 12.4. The number of nitrogen functional groups attached to an aromatic ring is 1. The molecule has 0 radical (unpaired) electrons. The summed E-state index contributed by atoms with van der Waals surface area (Å²) in [5.41, 5.74) is 5.13. The molecule has 12 heteroatoms. The van der Waals surface area contributed by atoms with Gasteiger partial charge < -0.3 is 19.5 Å². The van der Waals surface area contributed by atoms with Crippen molar-refractivity contribution < 1.29 is 18.2 Å². The van der Waals surface area contributed by atoms with E-state index in [1.807, 2.05) is 6.92 Å². The van der Waals surface area contributed by atoms with Gasteiger partial charge in [0.05, 0.1) is 18.5 Å². The fourth-order valence-electron chi connectivity index (χ4n) is 5.01. The van der Waals surface area contributed by atoms with Crippen molar-refractivity contribution in [2.45, 2.75) is 81.9 Å². The lowest BCUT2D eigenvalue weighted by Gasteiger charge is -2.37. The van der Waals surface area contributed by atoms with E-state index >= 15 is 4.39 Å². The lowest BCUT2D eigenvalue weighted by Crippen LogP contribution is -2.39. The van der Waals surface area contributed by atoms with Crippen LogP contribution in [-0.2, 0) is 25.6 Å². The number of fused-ring (bicyclic) bond motifs is 2. The number of allylic oxidation sites excluding steroid dienone is 1. The van der Waals surface area contributed by atoms with Gasteiger partial charge in [-0.15, -0.1) is 0 Å². The summed E-state index contributed by atoms with van der Waals surface area (Å²) in [6.07, 6.45) is 2.56. The zero-order valence-electron chi connectivity index (χ0n) is 18.9. The van der Waals surface area contributed by atoms with Crippen LogP contribution in [0.2, 0.25) is 0 Å². The lowest BCUT2D eigenvalue weighted by atomic mass is 9.77. The van der Waals surface area contributed by atoms with Crippen molar-refractivity contribution in [3.05, 3.63) is 24.8 Å². The van der Waals surface area contributed by atoms with Crippen molar-refractivity contribution in [3.8, 4) is 0 Å². The summed E-state index contributed by atoms with van der Waals surface area (Å²) < 4.78 is 36.1. The molecule has 2 aromatic rings. The molecule has 0 amide bonds. The molecule has 0 aromatic carbocycles. The van der Waals surface area contributed by atoms with Gasteiger partial charge in [0.25, 0.3) is 0 Å². The Morgan fingerprint density at radius 2 is 2.27 bits per heavy atom. The molecule has 0 spiro atoms. The monoisotopic (exact) mass is 513 g/mol. The molecule has 33 heavy (non-hydrogen) atoms.